The largest absolute Gasteiger partial charge is 1.00 e. The van der Waals surface area contributed by atoms with Gasteiger partial charge in [-0.2, -0.15) is 10.2 Å². The smallest absolute Gasteiger partial charge is 0.373 e. The molecule has 14 nitrogen and oxygen atoms in total. The monoisotopic (exact) mass is 472 g/mol. The summed E-state index contributed by atoms with van der Waals surface area (Å²) in [6.45, 7) is 0.238. The molecule has 0 saturated carbocycles. The van der Waals surface area contributed by atoms with E-state index < -0.39 is 0 Å². The third-order valence-corrected chi connectivity index (χ3v) is 5.09. The van der Waals surface area contributed by atoms with Gasteiger partial charge in [0, 0.05) is 17.3 Å². The van der Waals surface area contributed by atoms with Crippen molar-refractivity contribution in [3.63, 3.8) is 0 Å². The summed E-state index contributed by atoms with van der Waals surface area (Å²) in [7, 11) is 0. The molecular weight excluding hydrogens is 463 g/mol. The minimum absolute atomic E-state index is 0. The SMILES string of the molecule is ClCc1nnc(-c2ccn[nH]2)s1.[N-]=[N+]=NCc1nnc(-c2ccn[nH]2)s1.[N-]=[N+]=[N-].[Na+]. The van der Waals surface area contributed by atoms with Crippen molar-refractivity contribution in [1.82, 2.24) is 40.8 Å². The van der Waals surface area contributed by atoms with Crippen molar-refractivity contribution in [2.24, 2.45) is 5.11 Å². The molecule has 0 saturated heterocycles. The van der Waals surface area contributed by atoms with E-state index in [1.54, 1.807) is 18.5 Å². The van der Waals surface area contributed by atoms with Crippen molar-refractivity contribution in [3.05, 3.63) is 61.0 Å². The molecule has 0 bridgehead atoms. The van der Waals surface area contributed by atoms with Gasteiger partial charge in [-0.05, 0) is 17.7 Å². The van der Waals surface area contributed by atoms with Crippen molar-refractivity contribution in [1.29, 1.82) is 0 Å². The van der Waals surface area contributed by atoms with Crippen LogP contribution in [-0.4, -0.2) is 40.8 Å². The molecule has 0 amide bonds. The summed E-state index contributed by atoms with van der Waals surface area (Å²) in [5.74, 6) is 0.409. The summed E-state index contributed by atoms with van der Waals surface area (Å²) < 4.78 is 0. The number of nitrogens with one attached hydrogen (secondary N) is 2. The van der Waals surface area contributed by atoms with Gasteiger partial charge in [0.15, 0.2) is 10.0 Å². The van der Waals surface area contributed by atoms with Gasteiger partial charge in [-0.3, -0.25) is 15.1 Å². The van der Waals surface area contributed by atoms with Crippen molar-refractivity contribution in [3.8, 4) is 21.4 Å². The van der Waals surface area contributed by atoms with Crippen molar-refractivity contribution < 1.29 is 29.6 Å². The molecule has 4 aromatic heterocycles. The predicted octanol–water partition coefficient (Wildman–Crippen LogP) is 1.28. The van der Waals surface area contributed by atoms with E-state index in [9.17, 15) is 0 Å². The van der Waals surface area contributed by atoms with E-state index in [4.69, 9.17) is 28.2 Å². The van der Waals surface area contributed by atoms with Gasteiger partial charge in [-0.1, -0.05) is 27.8 Å². The first-order valence-electron chi connectivity index (χ1n) is 7.41. The summed E-state index contributed by atoms with van der Waals surface area (Å²) in [5.41, 5.74) is 23.3. The van der Waals surface area contributed by atoms with E-state index in [1.807, 2.05) is 6.07 Å². The maximum atomic E-state index is 8.12. The molecule has 4 rings (SSSR count). The molecule has 0 aliphatic rings. The minimum atomic E-state index is 0. The molecule has 0 unspecified atom stereocenters. The molecule has 0 aliphatic carbocycles. The number of nitrogens with zero attached hydrogens (tertiary/aromatic N) is 12. The standard InChI is InChI=1S/C6H5ClN4S.C6H5N7S.N3.Na/c7-3-5-10-11-6(12-5)4-1-2-8-9-4;7-13-9-3-5-11-12-6(14-5)4-1-2-8-10-4;1-3-2;/h1-2H,3H2,(H,8,9);1-2H,3H2,(H,8,10);;/q;;-1;+1. The van der Waals surface area contributed by atoms with Crippen LogP contribution in [0.25, 0.3) is 47.8 Å². The first-order chi connectivity index (χ1) is 14.2. The first-order valence-corrected chi connectivity index (χ1v) is 9.58. The van der Waals surface area contributed by atoms with Crippen LogP contribution < -0.4 is 29.6 Å². The minimum Gasteiger partial charge on any atom is -0.373 e. The summed E-state index contributed by atoms with van der Waals surface area (Å²) >= 11 is 8.42. The molecule has 0 atom stereocenters. The number of hydrogen-bond acceptors (Lipinski definition) is 9. The molecule has 4 heterocycles. The predicted molar refractivity (Wildman–Crippen MR) is 107 cm³/mol. The van der Waals surface area contributed by atoms with Gasteiger partial charge in [0.05, 0.1) is 23.8 Å². The number of halogens is 1. The number of hydrogen-bond donors (Lipinski definition) is 2. The maximum absolute atomic E-state index is 8.12. The van der Waals surface area contributed by atoms with Crippen LogP contribution >= 0.6 is 34.3 Å². The molecule has 0 fully saturated rings. The van der Waals surface area contributed by atoms with Crippen LogP contribution in [0.15, 0.2) is 29.6 Å². The van der Waals surface area contributed by atoms with E-state index in [0.29, 0.717) is 10.9 Å². The molecule has 30 heavy (non-hydrogen) atoms. The van der Waals surface area contributed by atoms with Gasteiger partial charge < -0.3 is 11.1 Å². The van der Waals surface area contributed by atoms with Crippen LogP contribution in [0.2, 0.25) is 0 Å². The number of rotatable bonds is 5. The number of H-pyrrole nitrogens is 2. The Morgan fingerprint density at radius 3 is 1.80 bits per heavy atom. The Balaban J connectivity index is 0.000000260. The summed E-state index contributed by atoms with van der Waals surface area (Å²) in [5, 5.41) is 35.3. The van der Waals surface area contributed by atoms with E-state index in [2.05, 4.69) is 50.8 Å². The molecule has 4 aromatic rings. The van der Waals surface area contributed by atoms with Crippen LogP contribution in [0.4, 0.5) is 0 Å². The maximum Gasteiger partial charge on any atom is 1.00 e. The molecule has 2 N–H and O–H groups in total. The van der Waals surface area contributed by atoms with Gasteiger partial charge in [0.25, 0.3) is 0 Å². The Morgan fingerprint density at radius 2 is 1.40 bits per heavy atom. The molecule has 0 spiro atoms. The average Bonchev–Trinajstić information content (AvgIpc) is 3.53. The van der Waals surface area contributed by atoms with Crippen molar-refractivity contribution >= 4 is 34.3 Å². The fourth-order valence-electron chi connectivity index (χ4n) is 1.68. The Kier molecular flexibility index (Phi) is 12.3. The van der Waals surface area contributed by atoms with E-state index in [-0.39, 0.29) is 36.1 Å². The second-order valence-electron chi connectivity index (χ2n) is 4.55. The average molecular weight is 473 g/mol. The third-order valence-electron chi connectivity index (χ3n) is 2.78. The van der Waals surface area contributed by atoms with Crippen LogP contribution in [0, 0.1) is 0 Å². The van der Waals surface area contributed by atoms with Crippen LogP contribution in [0.1, 0.15) is 10.0 Å². The Morgan fingerprint density at radius 1 is 0.900 bits per heavy atom. The molecule has 0 aromatic carbocycles. The molecule has 0 radical (unpaired) electrons. The van der Waals surface area contributed by atoms with Crippen molar-refractivity contribution in [2.75, 3.05) is 0 Å². The number of aromatic amines is 2. The van der Waals surface area contributed by atoms with E-state index >= 15 is 0 Å². The first kappa shape index (κ1) is 25.5. The van der Waals surface area contributed by atoms with Gasteiger partial charge in [-0.15, -0.1) is 32.0 Å². The van der Waals surface area contributed by atoms with E-state index in [0.717, 1.165) is 26.4 Å². The topological polar surface area (TPSA) is 216 Å². The number of alkyl halides is 1. The van der Waals surface area contributed by atoms with Crippen LogP contribution in [0.3, 0.4) is 0 Å². The molecule has 18 heteroatoms. The fraction of sp³-hybridized carbons (Fsp3) is 0.167. The second-order valence-corrected chi connectivity index (χ2v) is 6.95. The zero-order valence-corrected chi connectivity index (χ0v) is 19.7. The second kappa shape index (κ2) is 14.4. The van der Waals surface area contributed by atoms with Crippen LogP contribution in [0.5, 0.6) is 0 Å². The third kappa shape index (κ3) is 8.06. The van der Waals surface area contributed by atoms with Gasteiger partial charge in [-0.25, -0.2) is 0 Å². The Hall–Kier alpha value is -2.55. The molecular formula is C12H10ClN14NaS2. The molecule has 148 valence electrons. The molecule has 0 aliphatic heterocycles. The summed E-state index contributed by atoms with van der Waals surface area (Å²) in [6.07, 6.45) is 3.32. The number of aromatic nitrogens is 8. The van der Waals surface area contributed by atoms with Crippen LogP contribution in [-0.2, 0) is 12.4 Å². The van der Waals surface area contributed by atoms with Crippen molar-refractivity contribution in [2.45, 2.75) is 12.4 Å². The normalized spacial score (nSPS) is 8.97. The van der Waals surface area contributed by atoms with Gasteiger partial charge >= 0.3 is 29.6 Å². The van der Waals surface area contributed by atoms with E-state index in [1.165, 1.54) is 27.6 Å². The van der Waals surface area contributed by atoms with Gasteiger partial charge in [0.1, 0.15) is 10.0 Å². The zero-order chi connectivity index (χ0) is 20.9. The van der Waals surface area contributed by atoms with Gasteiger partial charge in [0.2, 0.25) is 0 Å². The quantitative estimate of drug-likeness (QED) is 0.143. The fourth-order valence-corrected chi connectivity index (χ4v) is 3.30. The Labute approximate surface area is 203 Å². The number of azide groups is 1. The summed E-state index contributed by atoms with van der Waals surface area (Å²) in [4.78, 5) is 4.15. The zero-order valence-electron chi connectivity index (χ0n) is 15.3. The summed E-state index contributed by atoms with van der Waals surface area (Å²) in [6, 6.07) is 3.65. The Bertz CT molecular complexity index is 1060.